The van der Waals surface area contributed by atoms with Crippen LogP contribution in [-0.4, -0.2) is 20.5 Å². The minimum Gasteiger partial charge on any atom is -0.362 e. The molecule has 1 aromatic rings. The zero-order valence-corrected chi connectivity index (χ0v) is 12.1. The lowest BCUT2D eigenvalue weighted by atomic mass is 9.75. The summed E-state index contributed by atoms with van der Waals surface area (Å²) in [6.45, 7) is 6.34. The molecule has 0 saturated heterocycles. The molecule has 0 spiro atoms. The van der Waals surface area contributed by atoms with Gasteiger partial charge in [0.05, 0.1) is 0 Å². The van der Waals surface area contributed by atoms with Crippen LogP contribution in [0.25, 0.3) is 0 Å². The van der Waals surface area contributed by atoms with Gasteiger partial charge >= 0.3 is 5.82 Å². The molecule has 1 heterocycles. The first kappa shape index (κ1) is 13.8. The fraction of sp³-hybridized carbons (Fsp3) is 0.769. The molecule has 0 radical (unpaired) electrons. The molecule has 6 heteroatoms. The van der Waals surface area contributed by atoms with Crippen molar-refractivity contribution >= 4 is 11.6 Å². The summed E-state index contributed by atoms with van der Waals surface area (Å²) in [5.41, 5.74) is 0.395. The van der Waals surface area contributed by atoms with E-state index in [1.54, 1.807) is 11.5 Å². The lowest BCUT2D eigenvalue weighted by molar-refractivity contribution is -0.388. The molecule has 2 rings (SSSR count). The van der Waals surface area contributed by atoms with Crippen molar-refractivity contribution < 1.29 is 4.92 Å². The Labute approximate surface area is 113 Å². The number of imidazole rings is 1. The Bertz CT molecular complexity index is 483. The van der Waals surface area contributed by atoms with E-state index >= 15 is 0 Å². The van der Waals surface area contributed by atoms with Crippen molar-refractivity contribution in [1.29, 1.82) is 0 Å². The summed E-state index contributed by atoms with van der Waals surface area (Å²) >= 11 is 0. The Hall–Kier alpha value is -1.59. The molecule has 1 aliphatic rings. The van der Waals surface area contributed by atoms with Crippen LogP contribution in [0.15, 0.2) is 0 Å². The monoisotopic (exact) mass is 266 g/mol. The Morgan fingerprint density at radius 3 is 2.53 bits per heavy atom. The molecule has 0 aromatic carbocycles. The van der Waals surface area contributed by atoms with Gasteiger partial charge < -0.3 is 15.4 Å². The predicted molar refractivity (Wildman–Crippen MR) is 74.3 cm³/mol. The second-order valence-electron chi connectivity index (χ2n) is 6.23. The minimum absolute atomic E-state index is 0.0650. The molecule has 1 N–H and O–H groups in total. The number of nitrogens with zero attached hydrogens (tertiary/aromatic N) is 3. The summed E-state index contributed by atoms with van der Waals surface area (Å²) in [5, 5.41) is 14.3. The molecule has 0 amide bonds. The van der Waals surface area contributed by atoms with Crippen molar-refractivity contribution in [2.24, 2.45) is 12.5 Å². The van der Waals surface area contributed by atoms with Crippen LogP contribution < -0.4 is 5.32 Å². The van der Waals surface area contributed by atoms with E-state index in [4.69, 9.17) is 0 Å². The maximum absolute atomic E-state index is 11.0. The van der Waals surface area contributed by atoms with E-state index in [2.05, 4.69) is 24.1 Å². The van der Waals surface area contributed by atoms with E-state index in [-0.39, 0.29) is 5.82 Å². The number of nitrogens with one attached hydrogen (secondary N) is 1. The summed E-state index contributed by atoms with van der Waals surface area (Å²) in [6, 6.07) is 0.307. The number of rotatable bonds is 3. The Morgan fingerprint density at radius 1 is 1.42 bits per heavy atom. The molecular weight excluding hydrogens is 244 g/mol. The molecular formula is C13H22N4O2. The predicted octanol–water partition coefficient (Wildman–Crippen LogP) is 3.02. The average Bonchev–Trinajstić information content (AvgIpc) is 2.60. The molecule has 6 nitrogen and oxygen atoms in total. The van der Waals surface area contributed by atoms with Crippen molar-refractivity contribution in [1.82, 2.24) is 9.55 Å². The fourth-order valence-electron chi connectivity index (χ4n) is 2.62. The molecule has 1 fully saturated rings. The van der Waals surface area contributed by atoms with Crippen LogP contribution in [0, 0.1) is 22.5 Å². The van der Waals surface area contributed by atoms with E-state index in [1.807, 2.05) is 7.05 Å². The van der Waals surface area contributed by atoms with Gasteiger partial charge in [0.15, 0.2) is 0 Å². The summed E-state index contributed by atoms with van der Waals surface area (Å²) in [6.07, 6.45) is 4.40. The maximum Gasteiger partial charge on any atom is 0.406 e. The molecule has 0 bridgehead atoms. The molecule has 0 aliphatic heterocycles. The van der Waals surface area contributed by atoms with Crippen molar-refractivity contribution in [2.45, 2.75) is 52.5 Å². The van der Waals surface area contributed by atoms with Crippen LogP contribution in [0.3, 0.4) is 0 Å². The number of aryl methyl sites for hydroxylation is 1. The lowest BCUT2D eigenvalue weighted by Gasteiger charge is -2.34. The van der Waals surface area contributed by atoms with Crippen molar-refractivity contribution in [3.8, 4) is 0 Å². The first-order chi connectivity index (χ1) is 8.80. The fourth-order valence-corrected chi connectivity index (χ4v) is 2.62. The highest BCUT2D eigenvalue weighted by Gasteiger charge is 2.30. The first-order valence-electron chi connectivity index (χ1n) is 6.74. The van der Waals surface area contributed by atoms with Gasteiger partial charge in [-0.05, 0) is 41.0 Å². The Balaban J connectivity index is 2.14. The number of nitro groups is 1. The van der Waals surface area contributed by atoms with Crippen molar-refractivity contribution in [3.05, 3.63) is 15.9 Å². The second-order valence-corrected chi connectivity index (χ2v) is 6.23. The summed E-state index contributed by atoms with van der Waals surface area (Å²) in [4.78, 5) is 14.6. The quantitative estimate of drug-likeness (QED) is 0.674. The van der Waals surface area contributed by atoms with Crippen LogP contribution in [0.5, 0.6) is 0 Å². The standard InChI is InChI=1S/C13H22N4O2/c1-9-14-12(17(18)19)11(16(9)4)15-10-5-7-13(2,3)8-6-10/h10,15H,5-8H2,1-4H3. The zero-order chi connectivity index (χ0) is 14.2. The van der Waals surface area contributed by atoms with Gasteiger partial charge in [0.1, 0.15) is 0 Å². The van der Waals surface area contributed by atoms with Gasteiger partial charge in [-0.1, -0.05) is 13.8 Å². The second kappa shape index (κ2) is 4.83. The van der Waals surface area contributed by atoms with Crippen molar-refractivity contribution in [2.75, 3.05) is 5.32 Å². The van der Waals surface area contributed by atoms with E-state index in [1.165, 1.54) is 0 Å². The van der Waals surface area contributed by atoms with Crippen LogP contribution in [0.4, 0.5) is 11.6 Å². The minimum atomic E-state index is -0.415. The molecule has 0 atom stereocenters. The number of aromatic nitrogens is 2. The zero-order valence-electron chi connectivity index (χ0n) is 12.1. The van der Waals surface area contributed by atoms with Crippen LogP contribution in [-0.2, 0) is 7.05 Å². The summed E-state index contributed by atoms with van der Waals surface area (Å²) in [7, 11) is 1.81. The van der Waals surface area contributed by atoms with Gasteiger partial charge in [-0.15, -0.1) is 0 Å². The van der Waals surface area contributed by atoms with Gasteiger partial charge in [0.25, 0.3) is 0 Å². The molecule has 106 valence electrons. The molecule has 1 saturated carbocycles. The van der Waals surface area contributed by atoms with E-state index < -0.39 is 4.92 Å². The smallest absolute Gasteiger partial charge is 0.362 e. The average molecular weight is 266 g/mol. The van der Waals surface area contributed by atoms with Crippen molar-refractivity contribution in [3.63, 3.8) is 0 Å². The topological polar surface area (TPSA) is 73.0 Å². The third kappa shape index (κ3) is 2.88. The van der Waals surface area contributed by atoms with E-state index in [0.29, 0.717) is 23.1 Å². The van der Waals surface area contributed by atoms with Crippen LogP contribution >= 0.6 is 0 Å². The van der Waals surface area contributed by atoms with Gasteiger partial charge in [-0.3, -0.25) is 4.57 Å². The molecule has 1 aromatic heterocycles. The van der Waals surface area contributed by atoms with Gasteiger partial charge in [0.2, 0.25) is 11.6 Å². The van der Waals surface area contributed by atoms with Gasteiger partial charge in [-0.25, -0.2) is 0 Å². The largest absolute Gasteiger partial charge is 0.406 e. The highest BCUT2D eigenvalue weighted by Crippen LogP contribution is 2.37. The lowest BCUT2D eigenvalue weighted by Crippen LogP contribution is -2.30. The third-order valence-corrected chi connectivity index (χ3v) is 4.15. The van der Waals surface area contributed by atoms with Crippen LogP contribution in [0.1, 0.15) is 45.4 Å². The normalized spacial score (nSPS) is 19.4. The number of hydrogen-bond acceptors (Lipinski definition) is 4. The van der Waals surface area contributed by atoms with E-state index in [0.717, 1.165) is 25.7 Å². The SMILES string of the molecule is Cc1nc([N+](=O)[O-])c(NC2CCC(C)(C)CC2)n1C. The maximum atomic E-state index is 11.0. The molecule has 0 unspecified atom stereocenters. The van der Waals surface area contributed by atoms with Crippen LogP contribution in [0.2, 0.25) is 0 Å². The first-order valence-corrected chi connectivity index (χ1v) is 6.74. The number of hydrogen-bond donors (Lipinski definition) is 1. The Morgan fingerprint density at radius 2 is 2.00 bits per heavy atom. The summed E-state index contributed by atoms with van der Waals surface area (Å²) in [5.74, 6) is 1.13. The summed E-state index contributed by atoms with van der Waals surface area (Å²) < 4.78 is 1.76. The van der Waals surface area contributed by atoms with E-state index in [9.17, 15) is 10.1 Å². The van der Waals surface area contributed by atoms with Gasteiger partial charge in [0, 0.05) is 20.0 Å². The number of anilines is 1. The highest BCUT2D eigenvalue weighted by molar-refractivity contribution is 5.54. The Kier molecular flexibility index (Phi) is 3.52. The molecule has 1 aliphatic carbocycles. The third-order valence-electron chi connectivity index (χ3n) is 4.15. The van der Waals surface area contributed by atoms with Gasteiger partial charge in [-0.2, -0.15) is 0 Å². The molecule has 19 heavy (non-hydrogen) atoms. The highest BCUT2D eigenvalue weighted by atomic mass is 16.6.